The number of benzene rings is 1. The second-order valence-electron chi connectivity index (χ2n) is 6.34. The Labute approximate surface area is 148 Å². The van der Waals surface area contributed by atoms with Crippen molar-refractivity contribution in [2.45, 2.75) is 13.3 Å². The second kappa shape index (κ2) is 7.23. The van der Waals surface area contributed by atoms with Gasteiger partial charge >= 0.3 is 0 Å². The monoisotopic (exact) mass is 350 g/mol. The van der Waals surface area contributed by atoms with Crippen molar-refractivity contribution in [2.75, 3.05) is 26.7 Å². The number of methoxy groups -OCH3 is 1. The van der Waals surface area contributed by atoms with E-state index in [-0.39, 0.29) is 23.7 Å². The highest BCUT2D eigenvalue weighted by Crippen LogP contribution is 2.29. The number of hydrogen-bond acceptors (Lipinski definition) is 4. The summed E-state index contributed by atoms with van der Waals surface area (Å²) in [6.07, 6.45) is 2.74. The summed E-state index contributed by atoms with van der Waals surface area (Å²) in [4.78, 5) is 14.4. The lowest BCUT2D eigenvalue weighted by molar-refractivity contribution is 0.0770. The smallest absolute Gasteiger partial charge is 0.274 e. The van der Waals surface area contributed by atoms with Crippen LogP contribution >= 0.6 is 12.4 Å². The van der Waals surface area contributed by atoms with E-state index in [0.29, 0.717) is 18.8 Å². The molecular weight excluding hydrogens is 328 g/mol. The second-order valence-corrected chi connectivity index (χ2v) is 6.34. The summed E-state index contributed by atoms with van der Waals surface area (Å²) in [5.41, 5.74) is 7.17. The van der Waals surface area contributed by atoms with Crippen molar-refractivity contribution in [1.82, 2.24) is 14.7 Å². The number of ether oxygens (including phenoxy) is 1. The summed E-state index contributed by atoms with van der Waals surface area (Å²) in [5.74, 6) is 0.754. The minimum Gasteiger partial charge on any atom is -0.497 e. The Kier molecular flexibility index (Phi) is 5.51. The van der Waals surface area contributed by atoms with E-state index in [1.54, 1.807) is 24.1 Å². The van der Waals surface area contributed by atoms with Crippen LogP contribution in [-0.4, -0.2) is 47.3 Å². The van der Waals surface area contributed by atoms with Crippen LogP contribution in [0.25, 0.3) is 5.69 Å². The van der Waals surface area contributed by atoms with Crippen molar-refractivity contribution in [3.8, 4) is 11.4 Å². The van der Waals surface area contributed by atoms with Crippen molar-refractivity contribution in [2.24, 2.45) is 11.1 Å². The number of carbonyl (C=O) groups excluding carboxylic acids is 1. The van der Waals surface area contributed by atoms with Crippen LogP contribution in [0.2, 0.25) is 0 Å². The zero-order valence-electron chi connectivity index (χ0n) is 13.9. The van der Waals surface area contributed by atoms with Crippen LogP contribution in [-0.2, 0) is 0 Å². The fraction of sp³-hybridized carbons (Fsp3) is 0.412. The van der Waals surface area contributed by atoms with Gasteiger partial charge in [-0.05, 0) is 48.7 Å². The molecule has 0 bridgehead atoms. The number of aromatic nitrogens is 2. The molecule has 0 aliphatic carbocycles. The molecule has 1 aromatic heterocycles. The highest BCUT2D eigenvalue weighted by Gasteiger charge is 2.35. The first-order valence-corrected chi connectivity index (χ1v) is 7.74. The van der Waals surface area contributed by atoms with E-state index in [9.17, 15) is 4.79 Å². The summed E-state index contributed by atoms with van der Waals surface area (Å²) >= 11 is 0. The summed E-state index contributed by atoms with van der Waals surface area (Å²) < 4.78 is 6.84. The van der Waals surface area contributed by atoms with Crippen LogP contribution in [0.1, 0.15) is 23.8 Å². The van der Waals surface area contributed by atoms with Crippen molar-refractivity contribution in [1.29, 1.82) is 0 Å². The van der Waals surface area contributed by atoms with Gasteiger partial charge in [0.15, 0.2) is 5.69 Å². The lowest BCUT2D eigenvalue weighted by atomic mass is 9.90. The molecule has 0 spiro atoms. The molecule has 2 heterocycles. The van der Waals surface area contributed by atoms with Crippen LogP contribution in [0, 0.1) is 5.41 Å². The van der Waals surface area contributed by atoms with Gasteiger partial charge in [-0.25, -0.2) is 4.68 Å². The predicted octanol–water partition coefficient (Wildman–Crippen LogP) is 2.11. The number of likely N-dealkylation sites (tertiary alicyclic amines) is 1. The molecule has 0 radical (unpaired) electrons. The minimum atomic E-state index is -0.0329. The minimum absolute atomic E-state index is 0. The zero-order chi connectivity index (χ0) is 16.4. The maximum atomic E-state index is 12.6. The highest BCUT2D eigenvalue weighted by molar-refractivity contribution is 5.92. The van der Waals surface area contributed by atoms with Gasteiger partial charge in [-0.2, -0.15) is 5.10 Å². The van der Waals surface area contributed by atoms with Crippen molar-refractivity contribution >= 4 is 18.3 Å². The number of amides is 1. The van der Waals surface area contributed by atoms with Gasteiger partial charge in [-0.3, -0.25) is 4.79 Å². The molecule has 24 heavy (non-hydrogen) atoms. The van der Waals surface area contributed by atoms with Crippen LogP contribution in [0.15, 0.2) is 36.5 Å². The van der Waals surface area contributed by atoms with Gasteiger partial charge in [-0.15, -0.1) is 12.4 Å². The number of halogens is 1. The number of carbonyl (C=O) groups is 1. The van der Waals surface area contributed by atoms with Gasteiger partial charge in [-0.1, -0.05) is 6.92 Å². The third-order valence-electron chi connectivity index (χ3n) is 4.48. The normalized spacial score (nSPS) is 19.9. The van der Waals surface area contributed by atoms with Gasteiger partial charge in [0.2, 0.25) is 0 Å². The first-order chi connectivity index (χ1) is 11.0. The standard InChI is InChI=1S/C17H22N4O2.ClH/c1-17(11-18)8-10-20(12-17)16(22)15-7-9-21(19-15)13-3-5-14(23-2)6-4-13;/h3-7,9H,8,10-12,18H2,1-2H3;1H. The van der Waals surface area contributed by atoms with Crippen molar-refractivity contribution in [3.05, 3.63) is 42.2 Å². The van der Waals surface area contributed by atoms with Gasteiger partial charge in [0.1, 0.15) is 5.75 Å². The first-order valence-electron chi connectivity index (χ1n) is 7.74. The molecule has 130 valence electrons. The van der Waals surface area contributed by atoms with E-state index in [4.69, 9.17) is 10.5 Å². The molecule has 2 N–H and O–H groups in total. The molecule has 1 fully saturated rings. The zero-order valence-corrected chi connectivity index (χ0v) is 14.8. The third-order valence-corrected chi connectivity index (χ3v) is 4.48. The van der Waals surface area contributed by atoms with E-state index >= 15 is 0 Å². The fourth-order valence-electron chi connectivity index (χ4n) is 2.84. The largest absolute Gasteiger partial charge is 0.497 e. The molecule has 1 atom stereocenters. The molecule has 1 amide bonds. The van der Waals surface area contributed by atoms with E-state index in [2.05, 4.69) is 12.0 Å². The van der Waals surface area contributed by atoms with E-state index in [1.165, 1.54) is 0 Å². The number of nitrogens with zero attached hydrogens (tertiary/aromatic N) is 3. The summed E-state index contributed by atoms with van der Waals surface area (Å²) in [5, 5.41) is 4.41. The maximum absolute atomic E-state index is 12.6. The van der Waals surface area contributed by atoms with Crippen LogP contribution in [0.3, 0.4) is 0 Å². The molecule has 1 unspecified atom stereocenters. The van der Waals surface area contributed by atoms with Crippen LogP contribution < -0.4 is 10.5 Å². The Balaban J connectivity index is 0.00000208. The Hall–Kier alpha value is -2.05. The SMILES string of the molecule is COc1ccc(-n2ccc(C(=O)N3CCC(C)(CN)C3)n2)cc1.Cl. The predicted molar refractivity (Wildman–Crippen MR) is 95.0 cm³/mol. The number of nitrogens with two attached hydrogens (primary N) is 1. The molecule has 1 saturated heterocycles. The summed E-state index contributed by atoms with van der Waals surface area (Å²) in [6, 6.07) is 9.30. The molecule has 3 rings (SSSR count). The van der Waals surface area contributed by atoms with Crippen LogP contribution in [0.5, 0.6) is 5.75 Å². The van der Waals surface area contributed by atoms with Gasteiger partial charge in [0, 0.05) is 19.3 Å². The molecule has 1 aromatic carbocycles. The number of rotatable bonds is 4. The summed E-state index contributed by atoms with van der Waals surface area (Å²) in [6.45, 7) is 4.15. The molecule has 1 aliphatic heterocycles. The average Bonchev–Trinajstić information content (AvgIpc) is 3.22. The van der Waals surface area contributed by atoms with Crippen molar-refractivity contribution < 1.29 is 9.53 Å². The molecule has 6 nitrogen and oxygen atoms in total. The molecule has 2 aromatic rings. The van der Waals surface area contributed by atoms with E-state index in [1.807, 2.05) is 29.2 Å². The Bertz CT molecular complexity index is 701. The lowest BCUT2D eigenvalue weighted by Crippen LogP contribution is -2.34. The quantitative estimate of drug-likeness (QED) is 0.916. The third kappa shape index (κ3) is 3.55. The van der Waals surface area contributed by atoms with Crippen molar-refractivity contribution in [3.63, 3.8) is 0 Å². The maximum Gasteiger partial charge on any atom is 0.274 e. The topological polar surface area (TPSA) is 73.4 Å². The highest BCUT2D eigenvalue weighted by atomic mass is 35.5. The Morgan fingerprint density at radius 1 is 1.33 bits per heavy atom. The van der Waals surface area contributed by atoms with Gasteiger partial charge < -0.3 is 15.4 Å². The van der Waals surface area contributed by atoms with E-state index in [0.717, 1.165) is 24.4 Å². The molecule has 7 heteroatoms. The van der Waals surface area contributed by atoms with E-state index < -0.39 is 0 Å². The Morgan fingerprint density at radius 2 is 2.04 bits per heavy atom. The Morgan fingerprint density at radius 3 is 2.62 bits per heavy atom. The number of hydrogen-bond donors (Lipinski definition) is 1. The lowest BCUT2D eigenvalue weighted by Gasteiger charge is -2.22. The average molecular weight is 351 g/mol. The molecule has 1 aliphatic rings. The van der Waals surface area contributed by atoms with Crippen LogP contribution in [0.4, 0.5) is 0 Å². The molecule has 0 saturated carbocycles. The summed E-state index contributed by atoms with van der Waals surface area (Å²) in [7, 11) is 1.63. The van der Waals surface area contributed by atoms with Gasteiger partial charge in [0.25, 0.3) is 5.91 Å². The molecular formula is C17H23ClN4O2. The van der Waals surface area contributed by atoms with Gasteiger partial charge in [0.05, 0.1) is 12.8 Å². The first kappa shape index (κ1) is 18.3. The fourth-order valence-corrected chi connectivity index (χ4v) is 2.84.